The molecule has 1 aliphatic rings. The molecule has 1 unspecified atom stereocenters. The van der Waals surface area contributed by atoms with Crippen LogP contribution in [0.1, 0.15) is 22.9 Å². The minimum absolute atomic E-state index is 0.202. The van der Waals surface area contributed by atoms with Crippen molar-refractivity contribution >= 4 is 64.7 Å². The van der Waals surface area contributed by atoms with Crippen LogP contribution in [0.15, 0.2) is 157 Å². The molecule has 4 heteroatoms. The van der Waals surface area contributed by atoms with Gasteiger partial charge in [0.05, 0.1) is 21.4 Å². The van der Waals surface area contributed by atoms with Gasteiger partial charge in [-0.2, -0.15) is 0 Å². The largest absolute Gasteiger partial charge is 0.360 e. The van der Waals surface area contributed by atoms with E-state index in [1.54, 1.807) is 0 Å². The predicted molar refractivity (Wildman–Crippen MR) is 187 cm³/mol. The Morgan fingerprint density at radius 2 is 1.23 bits per heavy atom. The zero-order valence-corrected chi connectivity index (χ0v) is 24.6. The van der Waals surface area contributed by atoms with Gasteiger partial charge >= 0.3 is 0 Å². The van der Waals surface area contributed by atoms with E-state index in [2.05, 4.69) is 155 Å². The quantitative estimate of drug-likeness (QED) is 0.220. The van der Waals surface area contributed by atoms with Crippen LogP contribution in [0.25, 0.3) is 53.4 Å². The van der Waals surface area contributed by atoms with E-state index in [1.165, 1.54) is 42.0 Å². The molecule has 1 aliphatic heterocycles. The first-order chi connectivity index (χ1) is 21.8. The third-order valence-corrected chi connectivity index (χ3v) is 9.84. The second kappa shape index (κ2) is 10.1. The van der Waals surface area contributed by atoms with Gasteiger partial charge in [0.25, 0.3) is 0 Å². The van der Waals surface area contributed by atoms with Crippen molar-refractivity contribution in [3.8, 4) is 5.69 Å². The second-order valence-corrected chi connectivity index (χ2v) is 12.3. The Balaban J connectivity index is 1.19. The maximum absolute atomic E-state index is 5.18. The molecule has 0 fully saturated rings. The summed E-state index contributed by atoms with van der Waals surface area (Å²) >= 11 is 1.88. The Hall–Kier alpha value is -5.45. The van der Waals surface area contributed by atoms with Crippen LogP contribution in [-0.2, 0) is 0 Å². The normalized spacial score (nSPS) is 15.0. The molecule has 0 saturated heterocycles. The Morgan fingerprint density at radius 3 is 2.02 bits per heavy atom. The zero-order valence-electron chi connectivity index (χ0n) is 23.8. The van der Waals surface area contributed by atoms with E-state index in [-0.39, 0.29) is 6.17 Å². The molecule has 2 aromatic heterocycles. The average Bonchev–Trinajstić information content (AvgIpc) is 3.65. The van der Waals surface area contributed by atoms with Crippen molar-refractivity contribution in [3.63, 3.8) is 0 Å². The van der Waals surface area contributed by atoms with Crippen LogP contribution in [0.2, 0.25) is 0 Å². The molecule has 44 heavy (non-hydrogen) atoms. The molecule has 6 aromatic carbocycles. The maximum atomic E-state index is 5.18. The van der Waals surface area contributed by atoms with Crippen LogP contribution in [0.3, 0.4) is 0 Å². The minimum Gasteiger partial charge on any atom is -0.360 e. The third kappa shape index (κ3) is 3.99. The third-order valence-electron chi connectivity index (χ3n) is 8.64. The summed E-state index contributed by atoms with van der Waals surface area (Å²) in [5.74, 6) is 0. The Kier molecular flexibility index (Phi) is 5.75. The Labute approximate surface area is 259 Å². The number of benzene rings is 6. The summed E-state index contributed by atoms with van der Waals surface area (Å²) in [5, 5.41) is 8.90. The second-order valence-electron chi connectivity index (χ2n) is 11.2. The first-order valence-electron chi connectivity index (χ1n) is 14.9. The maximum Gasteiger partial charge on any atom is 0.145 e. The fourth-order valence-electron chi connectivity index (χ4n) is 6.55. The van der Waals surface area contributed by atoms with Gasteiger partial charge in [-0.15, -0.1) is 11.3 Å². The lowest BCUT2D eigenvalue weighted by molar-refractivity contribution is 0.664. The molecule has 0 spiro atoms. The molecule has 0 radical (unpaired) electrons. The smallest absolute Gasteiger partial charge is 0.145 e. The van der Waals surface area contributed by atoms with E-state index < -0.39 is 0 Å². The molecule has 0 amide bonds. The molecular weight excluding hydrogens is 555 g/mol. The molecule has 9 rings (SSSR count). The summed E-state index contributed by atoms with van der Waals surface area (Å²) in [5.41, 5.74) is 9.07. The van der Waals surface area contributed by atoms with E-state index >= 15 is 0 Å². The van der Waals surface area contributed by atoms with Gasteiger partial charge in [0.2, 0.25) is 0 Å². The number of nitrogens with one attached hydrogen (secondary N) is 1. The Morgan fingerprint density at radius 1 is 0.568 bits per heavy atom. The van der Waals surface area contributed by atoms with Gasteiger partial charge in [-0.3, -0.25) is 4.99 Å². The highest BCUT2D eigenvalue weighted by Crippen LogP contribution is 2.43. The summed E-state index contributed by atoms with van der Waals surface area (Å²) in [6.45, 7) is 0. The fraction of sp³-hybridized carbons (Fsp3) is 0.0250. The molecule has 0 saturated carbocycles. The summed E-state index contributed by atoms with van der Waals surface area (Å²) in [7, 11) is 0. The van der Waals surface area contributed by atoms with Crippen molar-refractivity contribution in [3.05, 3.63) is 168 Å². The van der Waals surface area contributed by atoms with Crippen LogP contribution in [0, 0.1) is 0 Å². The van der Waals surface area contributed by atoms with E-state index in [0.717, 1.165) is 33.8 Å². The number of hydrogen-bond donors (Lipinski definition) is 1. The molecule has 3 nitrogen and oxygen atoms in total. The summed E-state index contributed by atoms with van der Waals surface area (Å²) in [4.78, 5) is 5.18. The van der Waals surface area contributed by atoms with E-state index in [4.69, 9.17) is 4.99 Å². The number of rotatable bonds is 4. The summed E-state index contributed by atoms with van der Waals surface area (Å²) < 4.78 is 5.08. The van der Waals surface area contributed by atoms with Crippen LogP contribution in [-0.4, -0.2) is 10.3 Å². The van der Waals surface area contributed by atoms with E-state index in [1.807, 2.05) is 17.4 Å². The van der Waals surface area contributed by atoms with Crippen molar-refractivity contribution < 1.29 is 0 Å². The average molecular weight is 582 g/mol. The van der Waals surface area contributed by atoms with Crippen LogP contribution in [0.4, 0.5) is 0 Å². The predicted octanol–water partition coefficient (Wildman–Crippen LogP) is 10.3. The number of allylic oxidation sites excluding steroid dienone is 1. The highest BCUT2D eigenvalue weighted by molar-refractivity contribution is 7.26. The molecular formula is C40H27N3S. The number of fused-ring (bicyclic) bond motifs is 7. The molecule has 0 bridgehead atoms. The molecule has 1 atom stereocenters. The number of aromatic nitrogens is 1. The molecule has 208 valence electrons. The first-order valence-corrected chi connectivity index (χ1v) is 15.7. The van der Waals surface area contributed by atoms with Gasteiger partial charge in [-0.1, -0.05) is 121 Å². The molecule has 0 aliphatic carbocycles. The number of hydrogen-bond acceptors (Lipinski definition) is 3. The van der Waals surface area contributed by atoms with Crippen LogP contribution < -0.4 is 5.32 Å². The van der Waals surface area contributed by atoms with Gasteiger partial charge < -0.3 is 9.88 Å². The van der Waals surface area contributed by atoms with Crippen molar-refractivity contribution in [2.45, 2.75) is 6.17 Å². The van der Waals surface area contributed by atoms with Crippen LogP contribution >= 0.6 is 11.3 Å². The standard InChI is InChI=1S/C40H27N3S/c1-3-11-26(12-4-1)34-25-35(27-13-5-2-6-14-27)42-40(41-34)28-19-21-29(22-20-28)43-36-17-9-7-15-30(36)32-23-24-33-31-16-8-10-18-37(31)44-39(33)38(32)43/h1-25,40-41H. The first kappa shape index (κ1) is 25.1. The Bertz CT molecular complexity index is 2400. The fourth-order valence-corrected chi connectivity index (χ4v) is 7.79. The number of para-hydroxylation sites is 1. The molecule has 8 aromatic rings. The van der Waals surface area contributed by atoms with Gasteiger partial charge in [0.15, 0.2) is 0 Å². The number of aliphatic imine (C=N–C) groups is 1. The zero-order chi connectivity index (χ0) is 29.0. The van der Waals surface area contributed by atoms with Crippen molar-refractivity contribution in [1.82, 2.24) is 9.88 Å². The minimum atomic E-state index is -0.202. The number of thiophene rings is 1. The summed E-state index contributed by atoms with van der Waals surface area (Å²) in [6, 6.07) is 51.9. The monoisotopic (exact) mass is 581 g/mol. The van der Waals surface area contributed by atoms with Gasteiger partial charge in [-0.05, 0) is 47.0 Å². The van der Waals surface area contributed by atoms with Crippen molar-refractivity contribution in [2.75, 3.05) is 0 Å². The molecule has 1 N–H and O–H groups in total. The lowest BCUT2D eigenvalue weighted by Gasteiger charge is -2.25. The highest BCUT2D eigenvalue weighted by atomic mass is 32.1. The molecule has 3 heterocycles. The number of nitrogens with zero attached hydrogens (tertiary/aromatic N) is 2. The topological polar surface area (TPSA) is 29.3 Å². The SMILES string of the molecule is C1=C(c2ccccc2)NC(c2ccc(-n3c4ccccc4c4ccc5c6ccccc6sc5c43)cc2)N=C1c1ccccc1. The lowest BCUT2D eigenvalue weighted by Crippen LogP contribution is -2.24. The summed E-state index contributed by atoms with van der Waals surface area (Å²) in [6.07, 6.45) is 1.95. The van der Waals surface area contributed by atoms with E-state index in [0.29, 0.717) is 0 Å². The lowest BCUT2D eigenvalue weighted by atomic mass is 10.0. The van der Waals surface area contributed by atoms with Gasteiger partial charge in [0.1, 0.15) is 6.17 Å². The van der Waals surface area contributed by atoms with Gasteiger partial charge in [0, 0.05) is 37.6 Å². The van der Waals surface area contributed by atoms with E-state index in [9.17, 15) is 0 Å². The van der Waals surface area contributed by atoms with Crippen molar-refractivity contribution in [1.29, 1.82) is 0 Å². The highest BCUT2D eigenvalue weighted by Gasteiger charge is 2.21. The van der Waals surface area contributed by atoms with Crippen molar-refractivity contribution in [2.24, 2.45) is 4.99 Å². The van der Waals surface area contributed by atoms with Crippen LogP contribution in [0.5, 0.6) is 0 Å². The van der Waals surface area contributed by atoms with Gasteiger partial charge in [-0.25, -0.2) is 0 Å².